The predicted octanol–water partition coefficient (Wildman–Crippen LogP) is 15.5. The van der Waals surface area contributed by atoms with Crippen molar-refractivity contribution in [2.75, 3.05) is 13.2 Å². The molecule has 0 aromatic carbocycles. The van der Waals surface area contributed by atoms with Crippen molar-refractivity contribution >= 4 is 17.9 Å². The Hall–Kier alpha value is -3.15. The summed E-state index contributed by atoms with van der Waals surface area (Å²) in [6.07, 6.45) is 57.6. The Morgan fingerprint density at radius 2 is 0.672 bits per heavy atom. The van der Waals surface area contributed by atoms with Gasteiger partial charge in [0, 0.05) is 19.3 Å². The molecule has 332 valence electrons. The highest BCUT2D eigenvalue weighted by Gasteiger charge is 2.19. The first-order chi connectivity index (χ1) is 28.5. The fourth-order valence-corrected chi connectivity index (χ4v) is 6.34. The van der Waals surface area contributed by atoms with Crippen LogP contribution in [0.3, 0.4) is 0 Å². The third kappa shape index (κ3) is 44.0. The molecule has 6 nitrogen and oxygen atoms in total. The Kier molecular flexibility index (Phi) is 44.0. The van der Waals surface area contributed by atoms with Crippen LogP contribution in [0.4, 0.5) is 0 Å². The smallest absolute Gasteiger partial charge is 0.306 e. The lowest BCUT2D eigenvalue weighted by molar-refractivity contribution is -0.167. The molecule has 0 fully saturated rings. The van der Waals surface area contributed by atoms with Crippen LogP contribution in [0.25, 0.3) is 0 Å². The topological polar surface area (TPSA) is 78.9 Å². The van der Waals surface area contributed by atoms with Gasteiger partial charge in [0.25, 0.3) is 0 Å². The molecule has 58 heavy (non-hydrogen) atoms. The van der Waals surface area contributed by atoms with Crippen LogP contribution in [0.5, 0.6) is 0 Å². The lowest BCUT2D eigenvalue weighted by Crippen LogP contribution is -2.30. The minimum absolute atomic E-state index is 0.0900. The number of unbranched alkanes of at least 4 members (excludes halogenated alkanes) is 19. The van der Waals surface area contributed by atoms with E-state index in [1.54, 1.807) is 0 Å². The Bertz CT molecular complexity index is 1110. The van der Waals surface area contributed by atoms with E-state index < -0.39 is 6.10 Å². The molecule has 0 aliphatic rings. The standard InChI is InChI=1S/C52H88O6/c1-4-7-10-13-16-18-20-22-24-25-26-27-29-30-32-34-36-39-42-45-51(54)57-48-49(47-56-50(53)44-41-38-15-12-9-6-3)58-52(55)46-43-40-37-35-33-31-28-23-21-19-17-14-11-8-5-2/h7,10,16,18,22-24,26-28,30,32,49H,4-6,8-9,11-15,17,19-21,25,29,31,33-48H2,1-3H3/b10-7-,18-16-,24-22-,27-26-,28-23-,32-30-. The molecular weight excluding hydrogens is 721 g/mol. The lowest BCUT2D eigenvalue weighted by atomic mass is 10.1. The first kappa shape index (κ1) is 54.9. The van der Waals surface area contributed by atoms with Gasteiger partial charge in [-0.2, -0.15) is 0 Å². The highest BCUT2D eigenvalue weighted by Crippen LogP contribution is 2.13. The van der Waals surface area contributed by atoms with E-state index in [1.807, 2.05) is 0 Å². The van der Waals surface area contributed by atoms with Crippen LogP contribution in [-0.2, 0) is 28.6 Å². The summed E-state index contributed by atoms with van der Waals surface area (Å²) < 4.78 is 16.6. The molecule has 0 aromatic rings. The molecule has 0 N–H and O–H groups in total. The van der Waals surface area contributed by atoms with E-state index in [4.69, 9.17) is 14.2 Å². The number of rotatable bonds is 42. The number of allylic oxidation sites excluding steroid dienone is 12. The van der Waals surface area contributed by atoms with Gasteiger partial charge in [-0.15, -0.1) is 0 Å². The Balaban J connectivity index is 4.33. The minimum atomic E-state index is -0.789. The van der Waals surface area contributed by atoms with Crippen LogP contribution in [0.1, 0.15) is 220 Å². The summed E-state index contributed by atoms with van der Waals surface area (Å²) in [5.74, 6) is -0.945. The van der Waals surface area contributed by atoms with Crippen LogP contribution >= 0.6 is 0 Å². The van der Waals surface area contributed by atoms with Crippen molar-refractivity contribution in [2.45, 2.75) is 226 Å². The fraction of sp³-hybridized carbons (Fsp3) is 0.712. The molecule has 0 saturated carbocycles. The summed E-state index contributed by atoms with van der Waals surface area (Å²) in [6, 6.07) is 0. The summed E-state index contributed by atoms with van der Waals surface area (Å²) in [5, 5.41) is 0. The van der Waals surface area contributed by atoms with Crippen LogP contribution in [0.2, 0.25) is 0 Å². The van der Waals surface area contributed by atoms with Gasteiger partial charge in [0.1, 0.15) is 13.2 Å². The van der Waals surface area contributed by atoms with Crippen molar-refractivity contribution in [1.82, 2.24) is 0 Å². The first-order valence-electron chi connectivity index (χ1n) is 23.9. The zero-order valence-electron chi connectivity index (χ0n) is 37.8. The first-order valence-corrected chi connectivity index (χ1v) is 23.9. The number of ether oxygens (including phenoxy) is 3. The second kappa shape index (κ2) is 46.5. The van der Waals surface area contributed by atoms with Crippen molar-refractivity contribution in [1.29, 1.82) is 0 Å². The van der Waals surface area contributed by atoms with Gasteiger partial charge >= 0.3 is 17.9 Å². The van der Waals surface area contributed by atoms with Gasteiger partial charge < -0.3 is 14.2 Å². The molecule has 0 spiro atoms. The van der Waals surface area contributed by atoms with Gasteiger partial charge in [-0.3, -0.25) is 14.4 Å². The molecule has 0 heterocycles. The van der Waals surface area contributed by atoms with Gasteiger partial charge in [-0.1, -0.05) is 184 Å². The minimum Gasteiger partial charge on any atom is -0.462 e. The van der Waals surface area contributed by atoms with E-state index in [1.165, 1.54) is 70.6 Å². The summed E-state index contributed by atoms with van der Waals surface area (Å²) >= 11 is 0. The number of esters is 3. The number of hydrogen-bond acceptors (Lipinski definition) is 6. The SMILES string of the molecule is CC/C=C\C/C=C\C/C=C\C/C=C\C/C=C\CCCCCC(=O)OCC(COC(=O)CCCCCCCC)OC(=O)CCCCCCC/C=C\CCCCCCCC. The van der Waals surface area contributed by atoms with Crippen molar-refractivity contribution in [3.8, 4) is 0 Å². The predicted molar refractivity (Wildman–Crippen MR) is 247 cm³/mol. The van der Waals surface area contributed by atoms with Crippen molar-refractivity contribution < 1.29 is 28.6 Å². The van der Waals surface area contributed by atoms with E-state index >= 15 is 0 Å². The molecule has 0 rings (SSSR count). The largest absolute Gasteiger partial charge is 0.462 e. The summed E-state index contributed by atoms with van der Waals surface area (Å²) in [7, 11) is 0. The average Bonchev–Trinajstić information content (AvgIpc) is 3.22. The summed E-state index contributed by atoms with van der Waals surface area (Å²) in [4.78, 5) is 37.6. The van der Waals surface area contributed by atoms with Crippen molar-refractivity contribution in [3.05, 3.63) is 72.9 Å². The molecule has 0 aliphatic carbocycles. The molecule has 0 bridgehead atoms. The van der Waals surface area contributed by atoms with Gasteiger partial charge in [0.2, 0.25) is 0 Å². The maximum Gasteiger partial charge on any atom is 0.306 e. The average molecular weight is 809 g/mol. The molecule has 1 unspecified atom stereocenters. The monoisotopic (exact) mass is 809 g/mol. The Labute approximate surface area is 357 Å². The van der Waals surface area contributed by atoms with Crippen molar-refractivity contribution in [2.24, 2.45) is 0 Å². The molecular formula is C52H88O6. The molecule has 0 aromatic heterocycles. The molecule has 1 atom stereocenters. The lowest BCUT2D eigenvalue weighted by Gasteiger charge is -2.18. The summed E-state index contributed by atoms with van der Waals surface area (Å²) in [6.45, 7) is 6.41. The molecule has 6 heteroatoms. The number of carbonyl (C=O) groups is 3. The van der Waals surface area contributed by atoms with Crippen LogP contribution in [0.15, 0.2) is 72.9 Å². The Morgan fingerprint density at radius 3 is 1.09 bits per heavy atom. The molecule has 0 radical (unpaired) electrons. The third-order valence-corrected chi connectivity index (χ3v) is 9.95. The molecule has 0 aliphatic heterocycles. The van der Waals surface area contributed by atoms with Gasteiger partial charge in [-0.05, 0) is 89.9 Å². The maximum atomic E-state index is 12.7. The zero-order valence-corrected chi connectivity index (χ0v) is 37.8. The highest BCUT2D eigenvalue weighted by atomic mass is 16.6. The van der Waals surface area contributed by atoms with Crippen LogP contribution in [-0.4, -0.2) is 37.2 Å². The second-order valence-corrected chi connectivity index (χ2v) is 15.6. The Morgan fingerprint density at radius 1 is 0.362 bits per heavy atom. The van der Waals surface area contributed by atoms with E-state index in [0.29, 0.717) is 19.3 Å². The van der Waals surface area contributed by atoms with Gasteiger partial charge in [0.05, 0.1) is 0 Å². The number of carbonyl (C=O) groups excluding carboxylic acids is 3. The van der Waals surface area contributed by atoms with Gasteiger partial charge in [-0.25, -0.2) is 0 Å². The maximum absolute atomic E-state index is 12.7. The molecule has 0 saturated heterocycles. The van der Waals surface area contributed by atoms with E-state index in [-0.39, 0.29) is 31.1 Å². The third-order valence-electron chi connectivity index (χ3n) is 9.95. The van der Waals surface area contributed by atoms with Crippen molar-refractivity contribution in [3.63, 3.8) is 0 Å². The van der Waals surface area contributed by atoms with E-state index in [0.717, 1.165) is 109 Å². The normalized spacial score (nSPS) is 12.7. The van der Waals surface area contributed by atoms with Crippen LogP contribution < -0.4 is 0 Å². The quantitative estimate of drug-likeness (QED) is 0.0264. The second-order valence-electron chi connectivity index (χ2n) is 15.6. The number of hydrogen-bond donors (Lipinski definition) is 0. The zero-order chi connectivity index (χ0) is 42.3. The molecule has 0 amide bonds. The summed E-state index contributed by atoms with van der Waals surface area (Å²) in [5.41, 5.74) is 0. The van der Waals surface area contributed by atoms with E-state index in [9.17, 15) is 14.4 Å². The van der Waals surface area contributed by atoms with E-state index in [2.05, 4.69) is 93.7 Å². The van der Waals surface area contributed by atoms with Crippen LogP contribution in [0, 0.1) is 0 Å². The van der Waals surface area contributed by atoms with Gasteiger partial charge in [0.15, 0.2) is 6.10 Å². The highest BCUT2D eigenvalue weighted by molar-refractivity contribution is 5.71. The fourth-order valence-electron chi connectivity index (χ4n) is 6.34.